The smallest absolute Gasteiger partial charge is 0.243 e. The first-order valence-electron chi connectivity index (χ1n) is 8.26. The zero-order valence-corrected chi connectivity index (χ0v) is 15.4. The van der Waals surface area contributed by atoms with Crippen LogP contribution >= 0.6 is 0 Å². The van der Waals surface area contributed by atoms with Gasteiger partial charge in [0.15, 0.2) is 5.78 Å². The Morgan fingerprint density at radius 1 is 1.21 bits per heavy atom. The van der Waals surface area contributed by atoms with E-state index in [9.17, 15) is 13.2 Å². The molecule has 0 unspecified atom stereocenters. The highest BCUT2D eigenvalue weighted by Crippen LogP contribution is 2.19. The lowest BCUT2D eigenvalue weighted by molar-refractivity contribution is 0.0521. The molecular weight excluding hydrogens is 328 g/mol. The van der Waals surface area contributed by atoms with Gasteiger partial charge in [0.05, 0.1) is 17.6 Å². The Labute approximate surface area is 144 Å². The first-order valence-corrected chi connectivity index (χ1v) is 9.70. The van der Waals surface area contributed by atoms with Crippen LogP contribution < -0.4 is 0 Å². The van der Waals surface area contributed by atoms with Gasteiger partial charge in [0.25, 0.3) is 0 Å². The molecule has 2 rings (SSSR count). The molecule has 134 valence electrons. The van der Waals surface area contributed by atoms with Crippen LogP contribution in [0, 0.1) is 0 Å². The summed E-state index contributed by atoms with van der Waals surface area (Å²) in [5, 5.41) is 0. The molecule has 1 fully saturated rings. The van der Waals surface area contributed by atoms with Gasteiger partial charge >= 0.3 is 0 Å². The Bertz CT molecular complexity index is 665. The molecule has 1 aromatic rings. The summed E-state index contributed by atoms with van der Waals surface area (Å²) in [6.07, 6.45) is 0.209. The number of benzene rings is 1. The van der Waals surface area contributed by atoms with Gasteiger partial charge < -0.3 is 4.74 Å². The predicted molar refractivity (Wildman–Crippen MR) is 92.7 cm³/mol. The lowest BCUT2D eigenvalue weighted by Gasteiger charge is -2.34. The van der Waals surface area contributed by atoms with Crippen molar-refractivity contribution in [1.82, 2.24) is 9.21 Å². The number of nitrogens with zero attached hydrogens (tertiary/aromatic N) is 2. The fourth-order valence-corrected chi connectivity index (χ4v) is 4.10. The zero-order chi connectivity index (χ0) is 17.7. The third-order valence-corrected chi connectivity index (χ3v) is 5.96. The highest BCUT2D eigenvalue weighted by Gasteiger charge is 2.28. The summed E-state index contributed by atoms with van der Waals surface area (Å²) >= 11 is 0. The second kappa shape index (κ2) is 8.20. The van der Waals surface area contributed by atoms with E-state index in [1.165, 1.54) is 17.3 Å². The van der Waals surface area contributed by atoms with E-state index in [0.29, 0.717) is 38.3 Å². The quantitative estimate of drug-likeness (QED) is 0.696. The highest BCUT2D eigenvalue weighted by molar-refractivity contribution is 7.89. The van der Waals surface area contributed by atoms with Crippen LogP contribution in [0.3, 0.4) is 0 Å². The minimum absolute atomic E-state index is 0.137. The molecule has 0 aliphatic carbocycles. The molecule has 0 aromatic heterocycles. The molecule has 0 radical (unpaired) electrons. The van der Waals surface area contributed by atoms with Crippen molar-refractivity contribution in [2.24, 2.45) is 0 Å². The number of rotatable bonds is 7. The van der Waals surface area contributed by atoms with Crippen molar-refractivity contribution in [2.75, 3.05) is 39.3 Å². The van der Waals surface area contributed by atoms with Crippen molar-refractivity contribution in [3.05, 3.63) is 29.8 Å². The SMILES string of the molecule is CC(=O)c1cccc(S(=O)(=O)N2CCN(CCOC(C)C)CC2)c1. The van der Waals surface area contributed by atoms with Crippen molar-refractivity contribution in [3.8, 4) is 0 Å². The van der Waals surface area contributed by atoms with Crippen molar-refractivity contribution >= 4 is 15.8 Å². The molecule has 1 aliphatic heterocycles. The topological polar surface area (TPSA) is 66.9 Å². The van der Waals surface area contributed by atoms with Gasteiger partial charge in [-0.3, -0.25) is 9.69 Å². The van der Waals surface area contributed by atoms with E-state index >= 15 is 0 Å². The predicted octanol–water partition coefficient (Wildman–Crippen LogP) is 1.62. The van der Waals surface area contributed by atoms with E-state index < -0.39 is 10.0 Å². The van der Waals surface area contributed by atoms with E-state index in [2.05, 4.69) is 4.90 Å². The van der Waals surface area contributed by atoms with Crippen molar-refractivity contribution in [2.45, 2.75) is 31.8 Å². The van der Waals surface area contributed by atoms with Gasteiger partial charge in [-0.25, -0.2) is 8.42 Å². The van der Waals surface area contributed by atoms with Gasteiger partial charge in [-0.15, -0.1) is 0 Å². The van der Waals surface area contributed by atoms with Crippen LogP contribution in [0.2, 0.25) is 0 Å². The molecule has 24 heavy (non-hydrogen) atoms. The van der Waals surface area contributed by atoms with Gasteiger partial charge in [0, 0.05) is 38.3 Å². The largest absolute Gasteiger partial charge is 0.377 e. The second-order valence-corrected chi connectivity index (χ2v) is 8.19. The number of hydrogen-bond acceptors (Lipinski definition) is 5. The molecule has 1 heterocycles. The Morgan fingerprint density at radius 2 is 1.88 bits per heavy atom. The number of ketones is 1. The average molecular weight is 354 g/mol. The molecule has 1 aliphatic rings. The summed E-state index contributed by atoms with van der Waals surface area (Å²) in [7, 11) is -3.55. The number of ether oxygens (including phenoxy) is 1. The number of hydrogen-bond donors (Lipinski definition) is 0. The highest BCUT2D eigenvalue weighted by atomic mass is 32.2. The number of carbonyl (C=O) groups is 1. The van der Waals surface area contributed by atoms with Crippen LogP contribution in [0.15, 0.2) is 29.2 Å². The third-order valence-electron chi connectivity index (χ3n) is 4.07. The summed E-state index contributed by atoms with van der Waals surface area (Å²) in [5.41, 5.74) is 0.417. The summed E-state index contributed by atoms with van der Waals surface area (Å²) in [6.45, 7) is 9.18. The number of Topliss-reactive ketones (excluding diaryl/α,β-unsaturated/α-hetero) is 1. The monoisotopic (exact) mass is 354 g/mol. The van der Waals surface area contributed by atoms with Crippen LogP contribution in [-0.4, -0.2) is 68.8 Å². The molecule has 0 bridgehead atoms. The van der Waals surface area contributed by atoms with E-state index in [1.54, 1.807) is 18.2 Å². The molecule has 1 saturated heterocycles. The van der Waals surface area contributed by atoms with Gasteiger partial charge in [-0.2, -0.15) is 4.31 Å². The summed E-state index contributed by atoms with van der Waals surface area (Å²) in [4.78, 5) is 13.9. The maximum Gasteiger partial charge on any atom is 0.243 e. The van der Waals surface area contributed by atoms with Gasteiger partial charge in [0.1, 0.15) is 0 Å². The third kappa shape index (κ3) is 4.86. The molecule has 0 atom stereocenters. The number of carbonyl (C=O) groups excluding carboxylic acids is 1. The van der Waals surface area contributed by atoms with Crippen LogP contribution in [0.1, 0.15) is 31.1 Å². The minimum atomic E-state index is -3.55. The van der Waals surface area contributed by atoms with E-state index in [1.807, 2.05) is 13.8 Å². The summed E-state index contributed by atoms with van der Waals surface area (Å²) in [6, 6.07) is 6.25. The molecule has 0 saturated carbocycles. The molecule has 1 aromatic carbocycles. The Balaban J connectivity index is 1.97. The number of piperazine rings is 1. The van der Waals surface area contributed by atoms with Crippen molar-refractivity contribution in [1.29, 1.82) is 0 Å². The zero-order valence-electron chi connectivity index (χ0n) is 14.6. The first-order chi connectivity index (χ1) is 11.3. The lowest BCUT2D eigenvalue weighted by atomic mass is 10.2. The standard InChI is InChI=1S/C17H26N2O4S/c1-14(2)23-12-11-18-7-9-19(10-8-18)24(21,22)17-6-4-5-16(13-17)15(3)20/h4-6,13-14H,7-12H2,1-3H3. The van der Waals surface area contributed by atoms with E-state index in [-0.39, 0.29) is 16.8 Å². The lowest BCUT2D eigenvalue weighted by Crippen LogP contribution is -2.49. The summed E-state index contributed by atoms with van der Waals surface area (Å²) in [5.74, 6) is -0.137. The molecule has 6 nitrogen and oxygen atoms in total. The Morgan fingerprint density at radius 3 is 2.46 bits per heavy atom. The molecule has 0 amide bonds. The minimum Gasteiger partial charge on any atom is -0.377 e. The Kier molecular flexibility index (Phi) is 6.51. The van der Waals surface area contributed by atoms with Crippen LogP contribution in [0.25, 0.3) is 0 Å². The second-order valence-electron chi connectivity index (χ2n) is 6.25. The van der Waals surface area contributed by atoms with Crippen LogP contribution in [0.5, 0.6) is 0 Å². The van der Waals surface area contributed by atoms with Crippen LogP contribution in [-0.2, 0) is 14.8 Å². The van der Waals surface area contributed by atoms with Gasteiger partial charge in [-0.1, -0.05) is 12.1 Å². The Hall–Kier alpha value is -1.28. The van der Waals surface area contributed by atoms with Crippen LogP contribution in [0.4, 0.5) is 0 Å². The fourth-order valence-electron chi connectivity index (χ4n) is 2.64. The van der Waals surface area contributed by atoms with E-state index in [0.717, 1.165) is 6.54 Å². The molecular formula is C17H26N2O4S. The van der Waals surface area contributed by atoms with Gasteiger partial charge in [-0.05, 0) is 32.9 Å². The molecule has 0 spiro atoms. The fraction of sp³-hybridized carbons (Fsp3) is 0.588. The summed E-state index contributed by atoms with van der Waals surface area (Å²) < 4.78 is 32.5. The molecule has 7 heteroatoms. The maximum atomic E-state index is 12.7. The van der Waals surface area contributed by atoms with Gasteiger partial charge in [0.2, 0.25) is 10.0 Å². The van der Waals surface area contributed by atoms with Crippen molar-refractivity contribution in [3.63, 3.8) is 0 Å². The van der Waals surface area contributed by atoms with Crippen molar-refractivity contribution < 1.29 is 17.9 Å². The average Bonchev–Trinajstić information content (AvgIpc) is 2.55. The number of sulfonamides is 1. The van der Waals surface area contributed by atoms with E-state index in [4.69, 9.17) is 4.74 Å². The maximum absolute atomic E-state index is 12.7. The molecule has 0 N–H and O–H groups in total. The first kappa shape index (κ1) is 19.1. The normalized spacial score (nSPS) is 17.3.